The van der Waals surface area contributed by atoms with Crippen molar-refractivity contribution in [2.24, 2.45) is 0 Å². The summed E-state index contributed by atoms with van der Waals surface area (Å²) in [7, 11) is 0. The van der Waals surface area contributed by atoms with Crippen molar-refractivity contribution < 1.29 is 44.4 Å². The van der Waals surface area contributed by atoms with E-state index in [-0.39, 0.29) is 38.5 Å². The Morgan fingerprint density at radius 2 is 0.971 bits per heavy atom. The Balaban J connectivity index is 0. The van der Waals surface area contributed by atoms with Crippen LogP contribution in [-0.4, -0.2) is 123 Å². The summed E-state index contributed by atoms with van der Waals surface area (Å²) in [5.41, 5.74) is 0. The van der Waals surface area contributed by atoms with Gasteiger partial charge >= 0.3 is 23.9 Å². The standard InChI is InChI=1S/C19H31N3O9.2C2H6/c1-13(23)8-20(9-16(24)25)6-7-21(10-17(26)27)14-4-2-3-5-15(14)22(11-18(28)29)12-19(30)31;2*1-2/h14-15H,2-12H2,1H3,(H,24,25)(H,26,27)(H,28,29)(H,30,31);2*1-2H3. The van der Waals surface area contributed by atoms with E-state index in [2.05, 4.69) is 0 Å². The number of carboxylic acid groups (broad SMARTS) is 4. The van der Waals surface area contributed by atoms with Crippen molar-refractivity contribution in [3.05, 3.63) is 0 Å². The van der Waals surface area contributed by atoms with Crippen molar-refractivity contribution in [2.45, 2.75) is 72.4 Å². The van der Waals surface area contributed by atoms with Crippen molar-refractivity contribution >= 4 is 29.7 Å². The lowest BCUT2D eigenvalue weighted by Crippen LogP contribution is -2.57. The molecule has 0 spiro atoms. The topological polar surface area (TPSA) is 176 Å². The first kappa shape index (κ1) is 34.6. The van der Waals surface area contributed by atoms with Gasteiger partial charge in [-0.1, -0.05) is 40.5 Å². The zero-order valence-corrected chi connectivity index (χ0v) is 21.6. The molecule has 0 aliphatic heterocycles. The molecule has 0 heterocycles. The SMILES string of the molecule is CC.CC.CC(=O)CN(CCN(CC(=O)O)C1CCCCC1N(CC(=O)O)CC(=O)O)CC(=O)O. The van der Waals surface area contributed by atoms with Crippen molar-refractivity contribution in [3.63, 3.8) is 0 Å². The third-order valence-electron chi connectivity index (χ3n) is 5.16. The molecule has 12 heteroatoms. The van der Waals surface area contributed by atoms with Crippen LogP contribution < -0.4 is 0 Å². The lowest BCUT2D eigenvalue weighted by molar-refractivity contribution is -0.146. The summed E-state index contributed by atoms with van der Waals surface area (Å²) in [6, 6.07) is -0.881. The summed E-state index contributed by atoms with van der Waals surface area (Å²) in [5.74, 6) is -4.80. The molecule has 0 aromatic rings. The molecule has 2 atom stereocenters. The van der Waals surface area contributed by atoms with Gasteiger partial charge in [0, 0.05) is 25.2 Å². The van der Waals surface area contributed by atoms with Crippen LogP contribution in [0.25, 0.3) is 0 Å². The van der Waals surface area contributed by atoms with E-state index in [4.69, 9.17) is 5.11 Å². The molecule has 204 valence electrons. The third-order valence-corrected chi connectivity index (χ3v) is 5.16. The Morgan fingerprint density at radius 1 is 0.600 bits per heavy atom. The van der Waals surface area contributed by atoms with E-state index in [1.165, 1.54) is 16.7 Å². The van der Waals surface area contributed by atoms with E-state index in [9.17, 15) is 39.3 Å². The van der Waals surface area contributed by atoms with Crippen molar-refractivity contribution in [3.8, 4) is 0 Å². The number of Topliss-reactive ketones (excluding diaryl/α,β-unsaturated/α-hetero) is 1. The molecule has 0 bridgehead atoms. The normalized spacial score (nSPS) is 17.1. The Hall–Kier alpha value is -2.57. The number of aliphatic carboxylic acids is 4. The maximum atomic E-state index is 11.5. The van der Waals surface area contributed by atoms with Crippen LogP contribution in [0.4, 0.5) is 0 Å². The Kier molecular flexibility index (Phi) is 19.5. The first-order chi connectivity index (χ1) is 16.5. The minimum absolute atomic E-state index is 0.0918. The number of ketones is 1. The quantitative estimate of drug-likeness (QED) is 0.250. The Bertz CT molecular complexity index is 641. The van der Waals surface area contributed by atoms with Crippen LogP contribution in [-0.2, 0) is 24.0 Å². The van der Waals surface area contributed by atoms with Crippen LogP contribution in [0.3, 0.4) is 0 Å². The first-order valence-electron chi connectivity index (χ1n) is 12.1. The molecule has 1 rings (SSSR count). The zero-order chi connectivity index (χ0) is 27.6. The number of hydrogen-bond donors (Lipinski definition) is 4. The van der Waals surface area contributed by atoms with E-state index >= 15 is 0 Å². The average Bonchev–Trinajstić information content (AvgIpc) is 2.77. The molecule has 0 saturated heterocycles. The molecule has 1 saturated carbocycles. The molecule has 0 aromatic carbocycles. The molecule has 0 amide bonds. The molecule has 0 radical (unpaired) electrons. The van der Waals surface area contributed by atoms with Gasteiger partial charge in [0.1, 0.15) is 5.78 Å². The second-order valence-electron chi connectivity index (χ2n) is 7.78. The molecule has 1 aliphatic carbocycles. The predicted molar refractivity (Wildman–Crippen MR) is 130 cm³/mol. The minimum atomic E-state index is -1.18. The van der Waals surface area contributed by atoms with Gasteiger partial charge in [-0.3, -0.25) is 38.7 Å². The van der Waals surface area contributed by atoms with Gasteiger partial charge in [-0.05, 0) is 19.8 Å². The highest BCUT2D eigenvalue weighted by Crippen LogP contribution is 2.27. The highest BCUT2D eigenvalue weighted by Gasteiger charge is 2.36. The van der Waals surface area contributed by atoms with Crippen LogP contribution in [0, 0.1) is 0 Å². The molecule has 1 aliphatic rings. The van der Waals surface area contributed by atoms with Crippen LogP contribution in [0.15, 0.2) is 0 Å². The number of hydrogen-bond acceptors (Lipinski definition) is 8. The lowest BCUT2D eigenvalue weighted by Gasteiger charge is -2.44. The summed E-state index contributed by atoms with van der Waals surface area (Å²) in [6.07, 6.45) is 2.61. The van der Waals surface area contributed by atoms with Gasteiger partial charge in [0.25, 0.3) is 0 Å². The Morgan fingerprint density at radius 3 is 1.34 bits per heavy atom. The number of carboxylic acids is 4. The summed E-state index contributed by atoms with van der Waals surface area (Å²) in [5, 5.41) is 36.9. The van der Waals surface area contributed by atoms with Gasteiger partial charge in [0.15, 0.2) is 0 Å². The van der Waals surface area contributed by atoms with Gasteiger partial charge in [-0.15, -0.1) is 0 Å². The highest BCUT2D eigenvalue weighted by atomic mass is 16.4. The maximum Gasteiger partial charge on any atom is 0.317 e. The molecule has 2 unspecified atom stereocenters. The van der Waals surface area contributed by atoms with Gasteiger partial charge < -0.3 is 20.4 Å². The molecule has 0 aromatic heterocycles. The maximum absolute atomic E-state index is 11.5. The fraction of sp³-hybridized carbons (Fsp3) is 0.783. The number of nitrogens with zero attached hydrogens (tertiary/aromatic N) is 3. The fourth-order valence-electron chi connectivity index (χ4n) is 4.11. The van der Waals surface area contributed by atoms with Crippen LogP contribution in [0.1, 0.15) is 60.3 Å². The van der Waals surface area contributed by atoms with E-state index < -0.39 is 49.1 Å². The van der Waals surface area contributed by atoms with Gasteiger partial charge in [-0.25, -0.2) is 0 Å². The molecule has 35 heavy (non-hydrogen) atoms. The van der Waals surface area contributed by atoms with Gasteiger partial charge in [0.05, 0.1) is 32.7 Å². The Labute approximate surface area is 207 Å². The number of carbonyl (C=O) groups excluding carboxylic acids is 1. The number of rotatable bonds is 15. The highest BCUT2D eigenvalue weighted by molar-refractivity contribution is 5.78. The van der Waals surface area contributed by atoms with Crippen LogP contribution >= 0.6 is 0 Å². The first-order valence-corrected chi connectivity index (χ1v) is 12.1. The predicted octanol–water partition coefficient (Wildman–Crippen LogP) is 1.18. The molecule has 4 N–H and O–H groups in total. The fourth-order valence-corrected chi connectivity index (χ4v) is 4.11. The minimum Gasteiger partial charge on any atom is -0.480 e. The van der Waals surface area contributed by atoms with Gasteiger partial charge in [0.2, 0.25) is 0 Å². The molecular formula is C23H43N3O9. The van der Waals surface area contributed by atoms with Crippen LogP contribution in [0.2, 0.25) is 0 Å². The zero-order valence-electron chi connectivity index (χ0n) is 21.6. The summed E-state index contributed by atoms with van der Waals surface area (Å²) >= 11 is 0. The van der Waals surface area contributed by atoms with E-state index in [0.717, 1.165) is 12.8 Å². The van der Waals surface area contributed by atoms with E-state index in [1.807, 2.05) is 27.7 Å². The van der Waals surface area contributed by atoms with E-state index in [1.54, 1.807) is 4.90 Å². The second kappa shape index (κ2) is 19.7. The largest absolute Gasteiger partial charge is 0.480 e. The van der Waals surface area contributed by atoms with Crippen molar-refractivity contribution in [1.82, 2.24) is 14.7 Å². The smallest absolute Gasteiger partial charge is 0.317 e. The molecule has 12 nitrogen and oxygen atoms in total. The summed E-state index contributed by atoms with van der Waals surface area (Å²) < 4.78 is 0. The average molecular weight is 506 g/mol. The monoisotopic (exact) mass is 505 g/mol. The van der Waals surface area contributed by atoms with E-state index in [0.29, 0.717) is 12.8 Å². The second-order valence-corrected chi connectivity index (χ2v) is 7.78. The summed E-state index contributed by atoms with van der Waals surface area (Å²) in [6.45, 7) is 7.80. The molecular weight excluding hydrogens is 462 g/mol. The lowest BCUT2D eigenvalue weighted by atomic mass is 9.87. The number of carbonyl (C=O) groups is 5. The van der Waals surface area contributed by atoms with Crippen molar-refractivity contribution in [1.29, 1.82) is 0 Å². The van der Waals surface area contributed by atoms with Gasteiger partial charge in [-0.2, -0.15) is 0 Å². The molecule has 1 fully saturated rings. The summed E-state index contributed by atoms with van der Waals surface area (Å²) in [4.78, 5) is 60.9. The van der Waals surface area contributed by atoms with Crippen molar-refractivity contribution in [2.75, 3.05) is 45.8 Å². The van der Waals surface area contributed by atoms with Crippen LogP contribution in [0.5, 0.6) is 0 Å². The third kappa shape index (κ3) is 15.9.